The minimum absolute atomic E-state index is 0.0812. The molecule has 1 aromatic rings. The standard InChI is InChI=1S/C13H18BrNO2S/c1-10(11-4-2-5-12(14)8-11)15-13-6-3-7-18(16,17)9-13/h2,4-5,8,10,13,15H,3,6-7,9H2,1H3. The van der Waals surface area contributed by atoms with Crippen molar-refractivity contribution in [2.75, 3.05) is 11.5 Å². The minimum Gasteiger partial charge on any atom is -0.306 e. The van der Waals surface area contributed by atoms with Crippen LogP contribution in [0, 0.1) is 0 Å². The van der Waals surface area contributed by atoms with Crippen LogP contribution in [0.2, 0.25) is 0 Å². The lowest BCUT2D eigenvalue weighted by atomic mass is 10.1. The van der Waals surface area contributed by atoms with Crippen molar-refractivity contribution in [1.82, 2.24) is 5.32 Å². The third-order valence-electron chi connectivity index (χ3n) is 3.30. The van der Waals surface area contributed by atoms with Gasteiger partial charge in [-0.2, -0.15) is 0 Å². The Balaban J connectivity index is 2.01. The lowest BCUT2D eigenvalue weighted by Crippen LogP contribution is -2.41. The van der Waals surface area contributed by atoms with Crippen LogP contribution in [0.1, 0.15) is 31.4 Å². The Labute approximate surface area is 117 Å². The number of rotatable bonds is 3. The SMILES string of the molecule is CC(NC1CCCS(=O)(=O)C1)c1cccc(Br)c1. The molecular formula is C13H18BrNO2S. The zero-order valence-corrected chi connectivity index (χ0v) is 12.8. The van der Waals surface area contributed by atoms with E-state index in [1.165, 1.54) is 5.56 Å². The van der Waals surface area contributed by atoms with E-state index < -0.39 is 9.84 Å². The van der Waals surface area contributed by atoms with Gasteiger partial charge in [0.2, 0.25) is 0 Å². The van der Waals surface area contributed by atoms with Crippen LogP contribution in [0.25, 0.3) is 0 Å². The van der Waals surface area contributed by atoms with E-state index in [1.54, 1.807) is 0 Å². The first kappa shape index (κ1) is 14.0. The number of halogens is 1. The molecule has 1 aliphatic rings. The fraction of sp³-hybridized carbons (Fsp3) is 0.538. The lowest BCUT2D eigenvalue weighted by Gasteiger charge is -2.26. The first-order valence-electron chi connectivity index (χ1n) is 6.18. The summed E-state index contributed by atoms with van der Waals surface area (Å²) in [6, 6.07) is 8.35. The molecule has 1 N–H and O–H groups in total. The number of hydrogen-bond donors (Lipinski definition) is 1. The second-order valence-corrected chi connectivity index (χ2v) is 8.04. The molecule has 1 heterocycles. The summed E-state index contributed by atoms with van der Waals surface area (Å²) in [4.78, 5) is 0. The van der Waals surface area contributed by atoms with Gasteiger partial charge in [-0.15, -0.1) is 0 Å². The van der Waals surface area contributed by atoms with Crippen LogP contribution in [0.5, 0.6) is 0 Å². The summed E-state index contributed by atoms with van der Waals surface area (Å²) in [5.74, 6) is 0.613. The number of nitrogens with one attached hydrogen (secondary N) is 1. The maximum atomic E-state index is 11.6. The van der Waals surface area contributed by atoms with Gasteiger partial charge in [-0.05, 0) is 37.5 Å². The van der Waals surface area contributed by atoms with Gasteiger partial charge in [0.15, 0.2) is 9.84 Å². The van der Waals surface area contributed by atoms with Crippen molar-refractivity contribution < 1.29 is 8.42 Å². The van der Waals surface area contributed by atoms with E-state index in [2.05, 4.69) is 40.3 Å². The van der Waals surface area contributed by atoms with E-state index in [4.69, 9.17) is 0 Å². The van der Waals surface area contributed by atoms with Crippen LogP contribution in [0.15, 0.2) is 28.7 Å². The summed E-state index contributed by atoms with van der Waals surface area (Å²) in [5, 5.41) is 3.42. The van der Waals surface area contributed by atoms with Crippen LogP contribution in [0.3, 0.4) is 0 Å². The molecule has 0 aliphatic carbocycles. The van der Waals surface area contributed by atoms with Gasteiger partial charge in [-0.25, -0.2) is 8.42 Å². The third kappa shape index (κ3) is 3.80. The fourth-order valence-electron chi connectivity index (χ4n) is 2.38. The highest BCUT2D eigenvalue weighted by Crippen LogP contribution is 2.20. The number of benzene rings is 1. The van der Waals surface area contributed by atoms with Crippen molar-refractivity contribution >= 4 is 25.8 Å². The van der Waals surface area contributed by atoms with Crippen molar-refractivity contribution in [2.24, 2.45) is 0 Å². The third-order valence-corrected chi connectivity index (χ3v) is 5.61. The smallest absolute Gasteiger partial charge is 0.151 e. The summed E-state index contributed by atoms with van der Waals surface area (Å²) >= 11 is 3.45. The molecule has 2 rings (SSSR count). The minimum atomic E-state index is -2.84. The molecule has 0 radical (unpaired) electrons. The molecule has 100 valence electrons. The summed E-state index contributed by atoms with van der Waals surface area (Å²) in [6.45, 7) is 2.07. The van der Waals surface area contributed by atoms with Gasteiger partial charge >= 0.3 is 0 Å². The van der Waals surface area contributed by atoms with Crippen molar-refractivity contribution in [3.8, 4) is 0 Å². The molecule has 1 aromatic carbocycles. The molecule has 0 aromatic heterocycles. The van der Waals surface area contributed by atoms with Crippen LogP contribution in [0.4, 0.5) is 0 Å². The fourth-order valence-corrected chi connectivity index (χ4v) is 4.45. The Morgan fingerprint density at radius 2 is 2.22 bits per heavy atom. The lowest BCUT2D eigenvalue weighted by molar-refractivity contribution is 0.437. The predicted octanol–water partition coefficient (Wildman–Crippen LogP) is 2.68. The number of sulfone groups is 1. The molecule has 0 amide bonds. The van der Waals surface area contributed by atoms with Crippen LogP contribution in [-0.4, -0.2) is 26.0 Å². The van der Waals surface area contributed by atoms with Gasteiger partial charge in [-0.3, -0.25) is 0 Å². The monoisotopic (exact) mass is 331 g/mol. The molecule has 18 heavy (non-hydrogen) atoms. The Kier molecular flexibility index (Phi) is 4.45. The van der Waals surface area contributed by atoms with Gasteiger partial charge in [0.05, 0.1) is 11.5 Å². The van der Waals surface area contributed by atoms with Crippen molar-refractivity contribution in [3.63, 3.8) is 0 Å². The van der Waals surface area contributed by atoms with E-state index in [9.17, 15) is 8.42 Å². The van der Waals surface area contributed by atoms with E-state index >= 15 is 0 Å². The molecule has 0 bridgehead atoms. The molecule has 1 fully saturated rings. The van der Waals surface area contributed by atoms with E-state index in [-0.39, 0.29) is 17.8 Å². The number of hydrogen-bond acceptors (Lipinski definition) is 3. The highest BCUT2D eigenvalue weighted by molar-refractivity contribution is 9.10. The molecule has 2 unspecified atom stereocenters. The highest BCUT2D eigenvalue weighted by atomic mass is 79.9. The van der Waals surface area contributed by atoms with E-state index in [0.29, 0.717) is 5.75 Å². The van der Waals surface area contributed by atoms with E-state index in [1.807, 2.05) is 12.1 Å². The summed E-state index contributed by atoms with van der Waals surface area (Å²) in [5.41, 5.74) is 1.17. The average Bonchev–Trinajstić information content (AvgIpc) is 2.27. The van der Waals surface area contributed by atoms with Crippen LogP contribution < -0.4 is 5.32 Å². The Morgan fingerprint density at radius 1 is 1.44 bits per heavy atom. The zero-order chi connectivity index (χ0) is 13.2. The normalized spacial score (nSPS) is 24.7. The first-order chi connectivity index (χ1) is 8.46. The summed E-state index contributed by atoms with van der Waals surface area (Å²) in [6.07, 6.45) is 1.71. The predicted molar refractivity (Wildman–Crippen MR) is 77.4 cm³/mol. The van der Waals surface area contributed by atoms with Crippen LogP contribution >= 0.6 is 15.9 Å². The van der Waals surface area contributed by atoms with Crippen molar-refractivity contribution in [2.45, 2.75) is 31.8 Å². The Hall–Kier alpha value is -0.390. The van der Waals surface area contributed by atoms with Gasteiger partial charge in [0, 0.05) is 16.6 Å². The quantitative estimate of drug-likeness (QED) is 0.926. The van der Waals surface area contributed by atoms with Crippen molar-refractivity contribution in [3.05, 3.63) is 34.3 Å². The summed E-state index contributed by atoms with van der Waals surface area (Å²) in [7, 11) is -2.84. The molecule has 2 atom stereocenters. The molecule has 3 nitrogen and oxygen atoms in total. The molecule has 1 aliphatic heterocycles. The molecule has 0 spiro atoms. The average molecular weight is 332 g/mol. The topological polar surface area (TPSA) is 46.2 Å². The second-order valence-electron chi connectivity index (χ2n) is 4.90. The maximum Gasteiger partial charge on any atom is 0.151 e. The highest BCUT2D eigenvalue weighted by Gasteiger charge is 2.25. The van der Waals surface area contributed by atoms with Gasteiger partial charge in [0.25, 0.3) is 0 Å². The van der Waals surface area contributed by atoms with Gasteiger partial charge < -0.3 is 5.32 Å². The molecule has 5 heteroatoms. The molecule has 1 saturated heterocycles. The maximum absolute atomic E-state index is 11.6. The molecule has 0 saturated carbocycles. The first-order valence-corrected chi connectivity index (χ1v) is 8.80. The molecular weight excluding hydrogens is 314 g/mol. The Morgan fingerprint density at radius 3 is 2.89 bits per heavy atom. The van der Waals surface area contributed by atoms with E-state index in [0.717, 1.165) is 17.3 Å². The summed E-state index contributed by atoms with van der Waals surface area (Å²) < 4.78 is 24.2. The Bertz CT molecular complexity index is 515. The second kappa shape index (κ2) is 5.72. The van der Waals surface area contributed by atoms with Crippen molar-refractivity contribution in [1.29, 1.82) is 0 Å². The zero-order valence-electron chi connectivity index (χ0n) is 10.4. The van der Waals surface area contributed by atoms with Crippen LogP contribution in [-0.2, 0) is 9.84 Å². The van der Waals surface area contributed by atoms with Gasteiger partial charge in [0.1, 0.15) is 0 Å². The van der Waals surface area contributed by atoms with Gasteiger partial charge in [-0.1, -0.05) is 28.1 Å². The largest absolute Gasteiger partial charge is 0.306 e.